The molecule has 1 aliphatic heterocycles. The highest BCUT2D eigenvalue weighted by Gasteiger charge is 2.43. The first-order chi connectivity index (χ1) is 13.0. The molecule has 0 bridgehead atoms. The summed E-state index contributed by atoms with van der Waals surface area (Å²) >= 11 is 0. The molecule has 134 valence electrons. The number of amides is 1. The zero-order valence-electron chi connectivity index (χ0n) is 15.5. The lowest BCUT2D eigenvalue weighted by Crippen LogP contribution is -2.33. The Morgan fingerprint density at radius 3 is 2.04 bits per heavy atom. The molecule has 1 aliphatic rings. The lowest BCUT2D eigenvalue weighted by atomic mass is 9.87. The second-order valence-electron chi connectivity index (χ2n) is 7.12. The molecule has 3 aromatic rings. The summed E-state index contributed by atoms with van der Waals surface area (Å²) in [6, 6.07) is 21.9. The first kappa shape index (κ1) is 17.1. The third kappa shape index (κ3) is 2.91. The zero-order chi connectivity index (χ0) is 19.0. The topological polar surface area (TPSA) is 58.5 Å². The number of hydrogen-bond acceptors (Lipinski definition) is 4. The second kappa shape index (κ2) is 6.43. The highest BCUT2D eigenvalue weighted by Crippen LogP contribution is 2.40. The van der Waals surface area contributed by atoms with E-state index in [0.29, 0.717) is 11.6 Å². The quantitative estimate of drug-likeness (QED) is 0.669. The van der Waals surface area contributed by atoms with Crippen LogP contribution in [0.4, 0.5) is 11.6 Å². The number of anilines is 1. The minimum absolute atomic E-state index is 0.0132. The highest BCUT2D eigenvalue weighted by molar-refractivity contribution is 6.14. The second-order valence-corrected chi connectivity index (χ2v) is 7.12. The number of likely N-dealkylation sites (N-methyl/N-ethyl adjacent to an activating group) is 1. The van der Waals surface area contributed by atoms with Crippen molar-refractivity contribution in [2.45, 2.75) is 19.3 Å². The average molecular weight is 356 g/mol. The molecule has 5 heteroatoms. The molecule has 1 amide bonds. The molecule has 0 saturated carbocycles. The maximum absolute atomic E-state index is 12.5. The third-order valence-corrected chi connectivity index (χ3v) is 4.91. The minimum atomic E-state index is -0.635. The Hall–Kier alpha value is -3.34. The van der Waals surface area contributed by atoms with E-state index < -0.39 is 5.41 Å². The van der Waals surface area contributed by atoms with Crippen LogP contribution in [0.3, 0.4) is 0 Å². The smallest absolute Gasteiger partial charge is 0.238 e. The van der Waals surface area contributed by atoms with Crippen LogP contribution in [0, 0.1) is 0 Å². The van der Waals surface area contributed by atoms with Crippen molar-refractivity contribution >= 4 is 23.3 Å². The predicted molar refractivity (Wildman–Crippen MR) is 107 cm³/mol. The standard InChI is InChI=1S/C22H20N4O/c1-22(2)17-14-18(24-25-20(17)26(3)21(22)27)23-19(15-10-6-4-7-11-15)16-12-8-5-9-13-16/h4-14H,1-3H3. The minimum Gasteiger partial charge on any atom is -0.297 e. The van der Waals surface area contributed by atoms with Gasteiger partial charge < -0.3 is 0 Å². The van der Waals surface area contributed by atoms with E-state index in [9.17, 15) is 4.79 Å². The normalized spacial score (nSPS) is 14.8. The van der Waals surface area contributed by atoms with Gasteiger partial charge in [0, 0.05) is 23.7 Å². The van der Waals surface area contributed by atoms with E-state index in [4.69, 9.17) is 4.99 Å². The SMILES string of the molecule is CN1C(=O)C(C)(C)c2cc(N=C(c3ccccc3)c3ccccc3)nnc21. The molecule has 0 unspecified atom stereocenters. The fourth-order valence-electron chi connectivity index (χ4n) is 3.37. The highest BCUT2D eigenvalue weighted by atomic mass is 16.2. The Labute approximate surface area is 158 Å². The fourth-order valence-corrected chi connectivity index (χ4v) is 3.37. The van der Waals surface area contributed by atoms with Crippen molar-refractivity contribution < 1.29 is 4.79 Å². The van der Waals surface area contributed by atoms with E-state index in [2.05, 4.69) is 10.2 Å². The molecule has 4 rings (SSSR count). The zero-order valence-corrected chi connectivity index (χ0v) is 15.5. The molecular formula is C22H20N4O. The van der Waals surface area contributed by atoms with Crippen LogP contribution in [0.25, 0.3) is 0 Å². The number of carbonyl (C=O) groups excluding carboxylic acids is 1. The maximum Gasteiger partial charge on any atom is 0.238 e. The Bertz CT molecular complexity index is 985. The van der Waals surface area contributed by atoms with Gasteiger partial charge in [-0.2, -0.15) is 0 Å². The van der Waals surface area contributed by atoms with Crippen molar-refractivity contribution in [2.75, 3.05) is 11.9 Å². The van der Waals surface area contributed by atoms with Gasteiger partial charge in [0.1, 0.15) is 0 Å². The van der Waals surface area contributed by atoms with Gasteiger partial charge >= 0.3 is 0 Å². The summed E-state index contributed by atoms with van der Waals surface area (Å²) in [7, 11) is 1.73. The van der Waals surface area contributed by atoms with Gasteiger partial charge in [0.15, 0.2) is 11.6 Å². The number of rotatable bonds is 3. The molecule has 0 fully saturated rings. The number of hydrogen-bond donors (Lipinski definition) is 0. The van der Waals surface area contributed by atoms with Crippen LogP contribution in [0.15, 0.2) is 71.7 Å². The van der Waals surface area contributed by atoms with Gasteiger partial charge in [-0.05, 0) is 19.9 Å². The van der Waals surface area contributed by atoms with E-state index in [0.717, 1.165) is 22.4 Å². The monoisotopic (exact) mass is 356 g/mol. The first-order valence-electron chi connectivity index (χ1n) is 8.84. The molecule has 1 aromatic heterocycles. The Kier molecular flexibility index (Phi) is 4.07. The third-order valence-electron chi connectivity index (χ3n) is 4.91. The van der Waals surface area contributed by atoms with Gasteiger partial charge in [0.25, 0.3) is 0 Å². The molecule has 0 radical (unpaired) electrons. The van der Waals surface area contributed by atoms with Crippen LogP contribution in [0.1, 0.15) is 30.5 Å². The molecule has 5 nitrogen and oxygen atoms in total. The van der Waals surface area contributed by atoms with E-state index in [-0.39, 0.29) is 5.91 Å². The van der Waals surface area contributed by atoms with Gasteiger partial charge in [-0.3, -0.25) is 9.69 Å². The molecule has 27 heavy (non-hydrogen) atoms. The first-order valence-corrected chi connectivity index (χ1v) is 8.84. The number of benzene rings is 2. The van der Waals surface area contributed by atoms with Gasteiger partial charge in [-0.15, -0.1) is 10.2 Å². The summed E-state index contributed by atoms with van der Waals surface area (Å²) in [5.74, 6) is 1.11. The van der Waals surface area contributed by atoms with Gasteiger partial charge in [-0.1, -0.05) is 60.7 Å². The summed E-state index contributed by atoms with van der Waals surface area (Å²) in [5, 5.41) is 8.53. The molecule has 0 atom stereocenters. The number of aromatic nitrogens is 2. The molecule has 0 spiro atoms. The number of aliphatic imine (C=N–C) groups is 1. The number of carbonyl (C=O) groups is 1. The summed E-state index contributed by atoms with van der Waals surface area (Å²) < 4.78 is 0. The molecule has 0 aliphatic carbocycles. The number of fused-ring (bicyclic) bond motifs is 1. The Morgan fingerprint density at radius 1 is 0.926 bits per heavy atom. The van der Waals surface area contributed by atoms with Crippen LogP contribution >= 0.6 is 0 Å². The summed E-state index contributed by atoms with van der Waals surface area (Å²) in [6.07, 6.45) is 0. The van der Waals surface area contributed by atoms with Crippen LogP contribution in [0.2, 0.25) is 0 Å². The molecular weight excluding hydrogens is 336 g/mol. The number of nitrogens with zero attached hydrogens (tertiary/aromatic N) is 4. The largest absolute Gasteiger partial charge is 0.297 e. The van der Waals surface area contributed by atoms with Crippen LogP contribution in [-0.2, 0) is 10.2 Å². The van der Waals surface area contributed by atoms with Crippen LogP contribution < -0.4 is 4.90 Å². The van der Waals surface area contributed by atoms with Gasteiger partial charge in [0.05, 0.1) is 11.1 Å². The van der Waals surface area contributed by atoms with Gasteiger partial charge in [-0.25, -0.2) is 4.99 Å². The Balaban J connectivity index is 1.86. The van der Waals surface area contributed by atoms with E-state index in [1.807, 2.05) is 80.6 Å². The van der Waals surface area contributed by atoms with E-state index >= 15 is 0 Å². The van der Waals surface area contributed by atoms with Crippen molar-refractivity contribution in [1.29, 1.82) is 0 Å². The van der Waals surface area contributed by atoms with Crippen molar-refractivity contribution in [3.05, 3.63) is 83.4 Å². The predicted octanol–water partition coefficient (Wildman–Crippen LogP) is 3.90. The molecule has 0 N–H and O–H groups in total. The maximum atomic E-state index is 12.5. The van der Waals surface area contributed by atoms with Crippen LogP contribution in [0.5, 0.6) is 0 Å². The van der Waals surface area contributed by atoms with Crippen molar-refractivity contribution in [1.82, 2.24) is 10.2 Å². The average Bonchev–Trinajstić information content (AvgIpc) is 2.88. The molecule has 2 heterocycles. The molecule has 2 aromatic carbocycles. The fraction of sp³-hybridized carbons (Fsp3) is 0.182. The Morgan fingerprint density at radius 2 is 1.48 bits per heavy atom. The van der Waals surface area contributed by atoms with Crippen molar-refractivity contribution in [2.24, 2.45) is 4.99 Å². The lowest BCUT2D eigenvalue weighted by molar-refractivity contribution is -0.121. The van der Waals surface area contributed by atoms with Crippen molar-refractivity contribution in [3.8, 4) is 0 Å². The van der Waals surface area contributed by atoms with E-state index in [1.54, 1.807) is 11.9 Å². The van der Waals surface area contributed by atoms with E-state index in [1.165, 1.54) is 0 Å². The van der Waals surface area contributed by atoms with Gasteiger partial charge in [0.2, 0.25) is 5.91 Å². The lowest BCUT2D eigenvalue weighted by Gasteiger charge is -2.15. The molecule has 0 saturated heterocycles. The van der Waals surface area contributed by atoms with Crippen molar-refractivity contribution in [3.63, 3.8) is 0 Å². The van der Waals surface area contributed by atoms with Crippen LogP contribution in [-0.4, -0.2) is 28.9 Å². The summed E-state index contributed by atoms with van der Waals surface area (Å²) in [4.78, 5) is 18.8. The summed E-state index contributed by atoms with van der Waals surface area (Å²) in [6.45, 7) is 3.81. The summed E-state index contributed by atoms with van der Waals surface area (Å²) in [5.41, 5.74) is 3.03.